The highest BCUT2D eigenvalue weighted by molar-refractivity contribution is 6.02. The minimum atomic E-state index is -0.977. The van der Waals surface area contributed by atoms with Gasteiger partial charge in [0.25, 0.3) is 0 Å². The Hall–Kier alpha value is -2.55. The van der Waals surface area contributed by atoms with E-state index in [1.54, 1.807) is 12.1 Å². The number of para-hydroxylation sites is 1. The highest BCUT2D eigenvalue weighted by Gasteiger charge is 2.13. The first-order chi connectivity index (χ1) is 8.75. The predicted molar refractivity (Wildman–Crippen MR) is 68.6 cm³/mol. The second-order valence-electron chi connectivity index (χ2n) is 4.01. The third-order valence-electron chi connectivity index (χ3n) is 2.83. The van der Waals surface area contributed by atoms with Crippen molar-refractivity contribution in [2.45, 2.75) is 0 Å². The van der Waals surface area contributed by atoms with Gasteiger partial charge in [0.15, 0.2) is 0 Å². The molecule has 0 amide bonds. The quantitative estimate of drug-likeness (QED) is 0.738. The summed E-state index contributed by atoms with van der Waals surface area (Å²) in [6, 6.07) is 16.6. The molecular formula is C15H10O3. The summed E-state index contributed by atoms with van der Waals surface area (Å²) in [6.07, 6.45) is 0. The maximum atomic E-state index is 11.1. The standard InChI is InChI=1S/C15H10O3/c16-15(17)12-8-4-7-11-9-13(18-14(11)12)10-5-2-1-3-6-10/h1-9H,(H,16,17). The summed E-state index contributed by atoms with van der Waals surface area (Å²) < 4.78 is 5.67. The maximum Gasteiger partial charge on any atom is 0.339 e. The normalized spacial score (nSPS) is 10.7. The Bertz CT molecular complexity index is 711. The molecule has 88 valence electrons. The highest BCUT2D eigenvalue weighted by Crippen LogP contribution is 2.29. The zero-order valence-corrected chi connectivity index (χ0v) is 9.46. The van der Waals surface area contributed by atoms with Crippen LogP contribution in [0.5, 0.6) is 0 Å². The van der Waals surface area contributed by atoms with Gasteiger partial charge in [0, 0.05) is 10.9 Å². The molecule has 0 atom stereocenters. The summed E-state index contributed by atoms with van der Waals surface area (Å²) in [4.78, 5) is 11.1. The van der Waals surface area contributed by atoms with Crippen molar-refractivity contribution in [2.75, 3.05) is 0 Å². The molecule has 0 fully saturated rings. The van der Waals surface area contributed by atoms with Crippen LogP contribution in [0.15, 0.2) is 59.0 Å². The first kappa shape index (κ1) is 10.6. The molecular weight excluding hydrogens is 228 g/mol. The van der Waals surface area contributed by atoms with Crippen molar-refractivity contribution in [1.82, 2.24) is 0 Å². The minimum Gasteiger partial charge on any atom is -0.478 e. The highest BCUT2D eigenvalue weighted by atomic mass is 16.4. The van der Waals surface area contributed by atoms with Crippen molar-refractivity contribution in [1.29, 1.82) is 0 Å². The fourth-order valence-electron chi connectivity index (χ4n) is 1.98. The van der Waals surface area contributed by atoms with Crippen molar-refractivity contribution in [3.05, 3.63) is 60.2 Å². The Morgan fingerprint density at radius 1 is 1.00 bits per heavy atom. The van der Waals surface area contributed by atoms with Crippen LogP contribution in [-0.4, -0.2) is 11.1 Å². The van der Waals surface area contributed by atoms with E-state index in [9.17, 15) is 4.79 Å². The third kappa shape index (κ3) is 1.66. The summed E-state index contributed by atoms with van der Waals surface area (Å²) in [6.45, 7) is 0. The van der Waals surface area contributed by atoms with Crippen LogP contribution in [0.4, 0.5) is 0 Å². The fraction of sp³-hybridized carbons (Fsp3) is 0. The molecule has 3 heteroatoms. The lowest BCUT2D eigenvalue weighted by molar-refractivity contribution is 0.0698. The summed E-state index contributed by atoms with van der Waals surface area (Å²) in [5.74, 6) is -0.297. The van der Waals surface area contributed by atoms with Crippen molar-refractivity contribution in [2.24, 2.45) is 0 Å². The van der Waals surface area contributed by atoms with E-state index < -0.39 is 5.97 Å². The van der Waals surface area contributed by atoms with Crippen molar-refractivity contribution in [3.8, 4) is 11.3 Å². The van der Waals surface area contributed by atoms with Gasteiger partial charge in [-0.3, -0.25) is 0 Å². The van der Waals surface area contributed by atoms with E-state index in [1.807, 2.05) is 42.5 Å². The Morgan fingerprint density at radius 2 is 1.78 bits per heavy atom. The predicted octanol–water partition coefficient (Wildman–Crippen LogP) is 3.80. The zero-order valence-electron chi connectivity index (χ0n) is 9.46. The molecule has 1 heterocycles. The van der Waals surface area contributed by atoms with Gasteiger partial charge in [-0.2, -0.15) is 0 Å². The van der Waals surface area contributed by atoms with E-state index in [0.29, 0.717) is 11.3 Å². The Balaban J connectivity index is 2.23. The molecule has 0 aliphatic carbocycles. The average molecular weight is 238 g/mol. The monoisotopic (exact) mass is 238 g/mol. The number of hydrogen-bond donors (Lipinski definition) is 1. The number of rotatable bonds is 2. The molecule has 1 N–H and O–H groups in total. The number of aromatic carboxylic acids is 1. The van der Waals surface area contributed by atoms with Crippen LogP contribution in [0.1, 0.15) is 10.4 Å². The molecule has 0 aliphatic rings. The first-order valence-corrected chi connectivity index (χ1v) is 5.57. The minimum absolute atomic E-state index is 0.190. The summed E-state index contributed by atoms with van der Waals surface area (Å²) in [7, 11) is 0. The number of carboxylic acids is 1. The molecule has 3 aromatic rings. The molecule has 18 heavy (non-hydrogen) atoms. The largest absolute Gasteiger partial charge is 0.478 e. The van der Waals surface area contributed by atoms with Crippen LogP contribution in [0.3, 0.4) is 0 Å². The van der Waals surface area contributed by atoms with Gasteiger partial charge in [-0.05, 0) is 12.1 Å². The van der Waals surface area contributed by atoms with E-state index in [-0.39, 0.29) is 5.56 Å². The average Bonchev–Trinajstić information content (AvgIpc) is 2.83. The number of hydrogen-bond acceptors (Lipinski definition) is 2. The summed E-state index contributed by atoms with van der Waals surface area (Å²) in [5, 5.41) is 9.90. The SMILES string of the molecule is O=C(O)c1cccc2cc(-c3ccccc3)oc12. The number of benzene rings is 2. The first-order valence-electron chi connectivity index (χ1n) is 5.57. The second kappa shape index (κ2) is 4.04. The lowest BCUT2D eigenvalue weighted by atomic mass is 10.1. The molecule has 0 radical (unpaired) electrons. The van der Waals surface area contributed by atoms with Crippen molar-refractivity contribution < 1.29 is 14.3 Å². The number of carboxylic acid groups (broad SMARTS) is 1. The second-order valence-corrected chi connectivity index (χ2v) is 4.01. The number of carbonyl (C=O) groups is 1. The molecule has 0 unspecified atom stereocenters. The van der Waals surface area contributed by atoms with Crippen LogP contribution in [-0.2, 0) is 0 Å². The topological polar surface area (TPSA) is 50.4 Å². The van der Waals surface area contributed by atoms with Crippen LogP contribution in [0.2, 0.25) is 0 Å². The Labute approximate surface area is 103 Å². The fourth-order valence-corrected chi connectivity index (χ4v) is 1.98. The van der Waals surface area contributed by atoms with Gasteiger partial charge in [0.1, 0.15) is 16.9 Å². The van der Waals surface area contributed by atoms with Crippen LogP contribution in [0, 0.1) is 0 Å². The van der Waals surface area contributed by atoms with Gasteiger partial charge in [-0.15, -0.1) is 0 Å². The van der Waals surface area contributed by atoms with Gasteiger partial charge < -0.3 is 9.52 Å². The summed E-state index contributed by atoms with van der Waals surface area (Å²) >= 11 is 0. The van der Waals surface area contributed by atoms with E-state index in [0.717, 1.165) is 10.9 Å². The molecule has 2 aromatic carbocycles. The van der Waals surface area contributed by atoms with Gasteiger partial charge in [-0.25, -0.2) is 4.79 Å². The molecule has 3 rings (SSSR count). The van der Waals surface area contributed by atoms with Crippen molar-refractivity contribution in [3.63, 3.8) is 0 Å². The Morgan fingerprint density at radius 3 is 2.50 bits per heavy atom. The smallest absolute Gasteiger partial charge is 0.339 e. The van der Waals surface area contributed by atoms with Gasteiger partial charge in [0.2, 0.25) is 0 Å². The van der Waals surface area contributed by atoms with Crippen LogP contribution >= 0.6 is 0 Å². The lowest BCUT2D eigenvalue weighted by Crippen LogP contribution is -1.95. The third-order valence-corrected chi connectivity index (χ3v) is 2.83. The van der Waals surface area contributed by atoms with Gasteiger partial charge in [0.05, 0.1) is 0 Å². The molecule has 0 saturated heterocycles. The lowest BCUT2D eigenvalue weighted by Gasteiger charge is -1.95. The van der Waals surface area contributed by atoms with Crippen molar-refractivity contribution >= 4 is 16.9 Å². The van der Waals surface area contributed by atoms with E-state index in [4.69, 9.17) is 9.52 Å². The molecule has 0 aliphatic heterocycles. The van der Waals surface area contributed by atoms with Crippen LogP contribution < -0.4 is 0 Å². The number of furan rings is 1. The van der Waals surface area contributed by atoms with Crippen LogP contribution in [0.25, 0.3) is 22.3 Å². The zero-order chi connectivity index (χ0) is 12.5. The Kier molecular flexibility index (Phi) is 2.38. The van der Waals surface area contributed by atoms with E-state index in [1.165, 1.54) is 0 Å². The summed E-state index contributed by atoms with van der Waals surface area (Å²) in [5.41, 5.74) is 1.54. The van der Waals surface area contributed by atoms with E-state index in [2.05, 4.69) is 0 Å². The molecule has 0 saturated carbocycles. The van der Waals surface area contributed by atoms with E-state index >= 15 is 0 Å². The maximum absolute atomic E-state index is 11.1. The molecule has 0 spiro atoms. The number of fused-ring (bicyclic) bond motifs is 1. The van der Waals surface area contributed by atoms with Gasteiger partial charge >= 0.3 is 5.97 Å². The molecule has 1 aromatic heterocycles. The van der Waals surface area contributed by atoms with Gasteiger partial charge in [-0.1, -0.05) is 42.5 Å². The molecule has 3 nitrogen and oxygen atoms in total. The molecule has 0 bridgehead atoms.